The van der Waals surface area contributed by atoms with Gasteiger partial charge in [0.25, 0.3) is 5.91 Å². The van der Waals surface area contributed by atoms with E-state index in [-0.39, 0.29) is 12.5 Å². The number of rotatable bonds is 7. The normalized spacial score (nSPS) is 10.0. The maximum Gasteiger partial charge on any atom is 0.262 e. The highest BCUT2D eigenvalue weighted by Gasteiger charge is 2.09. The van der Waals surface area contributed by atoms with E-state index in [4.69, 9.17) is 9.47 Å². The topological polar surface area (TPSA) is 47.6 Å². The Labute approximate surface area is 149 Å². The van der Waals surface area contributed by atoms with Crippen molar-refractivity contribution in [2.24, 2.45) is 0 Å². The standard InChI is InChI=1S/C18H18INO3/c1-3-6-13-9-10-16(17(11-13)22-2)23-12-18(21)20-15-8-5-4-7-14(15)19/h3-5,7-11H,1,6,12H2,2H3,(H,20,21). The lowest BCUT2D eigenvalue weighted by Crippen LogP contribution is -2.20. The number of benzene rings is 2. The number of carbonyl (C=O) groups is 1. The minimum Gasteiger partial charge on any atom is -0.493 e. The number of carbonyl (C=O) groups excluding carboxylic acids is 1. The fourth-order valence-electron chi connectivity index (χ4n) is 2.02. The molecule has 0 aliphatic rings. The predicted octanol–water partition coefficient (Wildman–Crippen LogP) is 4.05. The summed E-state index contributed by atoms with van der Waals surface area (Å²) < 4.78 is 11.9. The first-order valence-electron chi connectivity index (χ1n) is 7.09. The van der Waals surface area contributed by atoms with Crippen LogP contribution in [-0.2, 0) is 11.2 Å². The minimum absolute atomic E-state index is 0.0812. The molecule has 0 radical (unpaired) electrons. The molecule has 23 heavy (non-hydrogen) atoms. The third-order valence-electron chi connectivity index (χ3n) is 3.11. The molecular formula is C18H18INO3. The second-order valence-corrected chi connectivity index (χ2v) is 5.96. The monoisotopic (exact) mass is 423 g/mol. The summed E-state index contributed by atoms with van der Waals surface area (Å²) in [7, 11) is 1.58. The van der Waals surface area contributed by atoms with Crippen molar-refractivity contribution < 1.29 is 14.3 Å². The SMILES string of the molecule is C=CCc1ccc(OCC(=O)Nc2ccccc2I)c(OC)c1. The summed E-state index contributed by atoms with van der Waals surface area (Å²) in [4.78, 5) is 12.0. The Kier molecular flexibility index (Phi) is 6.46. The molecule has 4 nitrogen and oxygen atoms in total. The Morgan fingerprint density at radius 3 is 2.74 bits per heavy atom. The number of anilines is 1. The van der Waals surface area contributed by atoms with Gasteiger partial charge in [0.1, 0.15) is 0 Å². The maximum atomic E-state index is 12.0. The highest BCUT2D eigenvalue weighted by molar-refractivity contribution is 14.1. The third kappa shape index (κ3) is 4.99. The van der Waals surface area contributed by atoms with Crippen molar-refractivity contribution in [1.82, 2.24) is 0 Å². The van der Waals surface area contributed by atoms with E-state index < -0.39 is 0 Å². The van der Waals surface area contributed by atoms with Crippen molar-refractivity contribution in [3.63, 3.8) is 0 Å². The number of hydrogen-bond donors (Lipinski definition) is 1. The van der Waals surface area contributed by atoms with E-state index in [9.17, 15) is 4.79 Å². The van der Waals surface area contributed by atoms with Crippen molar-refractivity contribution >= 4 is 34.2 Å². The molecule has 1 N–H and O–H groups in total. The Morgan fingerprint density at radius 1 is 1.26 bits per heavy atom. The van der Waals surface area contributed by atoms with Gasteiger partial charge in [-0.05, 0) is 58.8 Å². The fourth-order valence-corrected chi connectivity index (χ4v) is 2.54. The van der Waals surface area contributed by atoms with Crippen LogP contribution < -0.4 is 14.8 Å². The number of ether oxygens (including phenoxy) is 2. The molecule has 0 unspecified atom stereocenters. The quantitative estimate of drug-likeness (QED) is 0.540. The van der Waals surface area contributed by atoms with Crippen LogP contribution in [0.5, 0.6) is 11.5 Å². The van der Waals surface area contributed by atoms with Crippen LogP contribution in [0.25, 0.3) is 0 Å². The summed E-state index contributed by atoms with van der Waals surface area (Å²) in [6.45, 7) is 3.63. The van der Waals surface area contributed by atoms with Gasteiger partial charge in [0.2, 0.25) is 0 Å². The van der Waals surface area contributed by atoms with Crippen LogP contribution in [0.4, 0.5) is 5.69 Å². The van der Waals surface area contributed by atoms with Crippen LogP contribution in [0.2, 0.25) is 0 Å². The highest BCUT2D eigenvalue weighted by Crippen LogP contribution is 2.28. The lowest BCUT2D eigenvalue weighted by atomic mass is 10.1. The van der Waals surface area contributed by atoms with E-state index in [1.807, 2.05) is 42.5 Å². The van der Waals surface area contributed by atoms with Gasteiger partial charge < -0.3 is 14.8 Å². The molecule has 0 saturated carbocycles. The molecule has 5 heteroatoms. The van der Waals surface area contributed by atoms with Gasteiger partial charge in [-0.2, -0.15) is 0 Å². The summed E-state index contributed by atoms with van der Waals surface area (Å²) in [5.41, 5.74) is 1.85. The first-order valence-corrected chi connectivity index (χ1v) is 8.17. The molecule has 0 aliphatic heterocycles. The molecule has 0 aliphatic carbocycles. The minimum atomic E-state index is -0.216. The molecule has 0 atom stereocenters. The zero-order chi connectivity index (χ0) is 16.7. The number of methoxy groups -OCH3 is 1. The number of amides is 1. The van der Waals surface area contributed by atoms with E-state index in [1.165, 1.54) is 0 Å². The Bertz CT molecular complexity index is 700. The number of halogens is 1. The van der Waals surface area contributed by atoms with E-state index in [2.05, 4.69) is 34.5 Å². The van der Waals surface area contributed by atoms with Crippen LogP contribution in [0.15, 0.2) is 55.1 Å². The van der Waals surface area contributed by atoms with Gasteiger partial charge in [-0.15, -0.1) is 6.58 Å². The molecule has 0 aromatic heterocycles. The summed E-state index contributed by atoms with van der Waals surface area (Å²) in [5, 5.41) is 2.82. The summed E-state index contributed by atoms with van der Waals surface area (Å²) in [6, 6.07) is 13.2. The highest BCUT2D eigenvalue weighted by atomic mass is 127. The van der Waals surface area contributed by atoms with Crippen molar-refractivity contribution in [1.29, 1.82) is 0 Å². The third-order valence-corrected chi connectivity index (χ3v) is 4.06. The van der Waals surface area contributed by atoms with Gasteiger partial charge in [-0.3, -0.25) is 4.79 Å². The number of allylic oxidation sites excluding steroid dienone is 1. The van der Waals surface area contributed by atoms with E-state index in [0.29, 0.717) is 11.5 Å². The van der Waals surface area contributed by atoms with Gasteiger partial charge in [-0.25, -0.2) is 0 Å². The zero-order valence-electron chi connectivity index (χ0n) is 12.8. The number of para-hydroxylation sites is 1. The molecule has 2 aromatic carbocycles. The molecule has 120 valence electrons. The summed E-state index contributed by atoms with van der Waals surface area (Å²) in [5.74, 6) is 0.927. The smallest absolute Gasteiger partial charge is 0.262 e. The van der Waals surface area contributed by atoms with Crippen molar-refractivity contribution in [2.45, 2.75) is 6.42 Å². The van der Waals surface area contributed by atoms with E-state index in [1.54, 1.807) is 13.2 Å². The Hall–Kier alpha value is -2.02. The van der Waals surface area contributed by atoms with Gasteiger partial charge in [0.15, 0.2) is 18.1 Å². The lowest BCUT2D eigenvalue weighted by Gasteiger charge is -2.12. The largest absolute Gasteiger partial charge is 0.493 e. The Balaban J connectivity index is 1.98. The van der Waals surface area contributed by atoms with Gasteiger partial charge in [-0.1, -0.05) is 24.3 Å². The van der Waals surface area contributed by atoms with Crippen LogP contribution in [0.3, 0.4) is 0 Å². The van der Waals surface area contributed by atoms with E-state index >= 15 is 0 Å². The number of nitrogens with one attached hydrogen (secondary N) is 1. The van der Waals surface area contributed by atoms with Crippen molar-refractivity contribution in [2.75, 3.05) is 19.0 Å². The average Bonchev–Trinajstić information content (AvgIpc) is 2.56. The van der Waals surface area contributed by atoms with Gasteiger partial charge in [0.05, 0.1) is 12.8 Å². The van der Waals surface area contributed by atoms with Crippen LogP contribution in [-0.4, -0.2) is 19.6 Å². The second-order valence-electron chi connectivity index (χ2n) is 4.79. The molecule has 0 heterocycles. The second kappa shape index (κ2) is 8.57. The summed E-state index contributed by atoms with van der Waals surface area (Å²) >= 11 is 2.17. The molecular weight excluding hydrogens is 405 g/mol. The molecule has 0 spiro atoms. The van der Waals surface area contributed by atoms with Crippen molar-refractivity contribution in [3.8, 4) is 11.5 Å². The van der Waals surface area contributed by atoms with Crippen LogP contribution >= 0.6 is 22.6 Å². The van der Waals surface area contributed by atoms with Crippen molar-refractivity contribution in [3.05, 3.63) is 64.3 Å². The molecule has 2 aromatic rings. The van der Waals surface area contributed by atoms with Crippen LogP contribution in [0.1, 0.15) is 5.56 Å². The summed E-state index contributed by atoms with van der Waals surface area (Å²) in [6.07, 6.45) is 2.58. The predicted molar refractivity (Wildman–Crippen MR) is 100 cm³/mol. The number of hydrogen-bond acceptors (Lipinski definition) is 3. The molecule has 2 rings (SSSR count). The Morgan fingerprint density at radius 2 is 2.04 bits per heavy atom. The zero-order valence-corrected chi connectivity index (χ0v) is 15.0. The van der Waals surface area contributed by atoms with Gasteiger partial charge >= 0.3 is 0 Å². The molecule has 1 amide bonds. The van der Waals surface area contributed by atoms with Gasteiger partial charge in [0, 0.05) is 3.57 Å². The maximum absolute atomic E-state index is 12.0. The van der Waals surface area contributed by atoms with Crippen LogP contribution in [0, 0.1) is 3.57 Å². The first kappa shape index (κ1) is 17.3. The fraction of sp³-hybridized carbons (Fsp3) is 0.167. The van der Waals surface area contributed by atoms with E-state index in [0.717, 1.165) is 21.2 Å². The molecule has 0 saturated heterocycles. The first-order chi connectivity index (χ1) is 11.1. The molecule has 0 bridgehead atoms. The average molecular weight is 423 g/mol. The lowest BCUT2D eigenvalue weighted by molar-refractivity contribution is -0.118. The molecule has 0 fully saturated rings.